The number of halogens is 1. The second-order valence-electron chi connectivity index (χ2n) is 4.97. The van der Waals surface area contributed by atoms with E-state index in [9.17, 15) is 4.79 Å². The number of aryl methyl sites for hydroxylation is 1. The molecular formula is C14H15ClN4O2. The van der Waals surface area contributed by atoms with Crippen molar-refractivity contribution in [2.75, 3.05) is 18.5 Å². The van der Waals surface area contributed by atoms with Crippen LogP contribution in [0.15, 0.2) is 35.4 Å². The van der Waals surface area contributed by atoms with Gasteiger partial charge in [-0.2, -0.15) is 5.10 Å². The zero-order valence-electron chi connectivity index (χ0n) is 11.5. The Morgan fingerprint density at radius 1 is 1.38 bits per heavy atom. The van der Waals surface area contributed by atoms with Gasteiger partial charge in [-0.1, -0.05) is 11.6 Å². The van der Waals surface area contributed by atoms with E-state index in [1.165, 1.54) is 10.7 Å². The molecule has 0 spiro atoms. The van der Waals surface area contributed by atoms with Crippen LogP contribution >= 0.6 is 11.6 Å². The largest absolute Gasteiger partial charge is 0.377 e. The Hall–Kier alpha value is -1.92. The van der Waals surface area contributed by atoms with E-state index in [4.69, 9.17) is 16.3 Å². The lowest BCUT2D eigenvalue weighted by Gasteiger charge is -2.21. The summed E-state index contributed by atoms with van der Waals surface area (Å²) in [5.74, 6) is 0. The van der Waals surface area contributed by atoms with E-state index in [1.807, 2.05) is 6.92 Å². The molecule has 0 bridgehead atoms. The fraction of sp³-hybridized carbons (Fsp3) is 0.357. The second-order valence-corrected chi connectivity index (χ2v) is 5.38. The molecule has 2 aromatic rings. The monoisotopic (exact) mass is 306 g/mol. The molecule has 2 unspecified atom stereocenters. The third-order valence-corrected chi connectivity index (χ3v) is 3.74. The molecule has 110 valence electrons. The van der Waals surface area contributed by atoms with Gasteiger partial charge in [-0.25, -0.2) is 4.68 Å². The summed E-state index contributed by atoms with van der Waals surface area (Å²) in [6, 6.07) is 4.79. The van der Waals surface area contributed by atoms with Crippen molar-refractivity contribution in [1.29, 1.82) is 0 Å². The van der Waals surface area contributed by atoms with Crippen LogP contribution in [0.2, 0.25) is 5.02 Å². The van der Waals surface area contributed by atoms with Crippen LogP contribution in [0.5, 0.6) is 0 Å². The molecule has 0 aliphatic carbocycles. The van der Waals surface area contributed by atoms with Crippen molar-refractivity contribution >= 4 is 17.3 Å². The lowest BCUT2D eigenvalue weighted by atomic mass is 10.1. The van der Waals surface area contributed by atoms with Gasteiger partial charge >= 0.3 is 0 Å². The Morgan fingerprint density at radius 2 is 2.24 bits per heavy atom. The van der Waals surface area contributed by atoms with Crippen LogP contribution in [0.1, 0.15) is 11.7 Å². The van der Waals surface area contributed by atoms with E-state index < -0.39 is 0 Å². The highest BCUT2D eigenvalue weighted by Crippen LogP contribution is 2.25. The predicted molar refractivity (Wildman–Crippen MR) is 79.7 cm³/mol. The Kier molecular flexibility index (Phi) is 3.90. The highest BCUT2D eigenvalue weighted by Gasteiger charge is 2.31. The maximum absolute atomic E-state index is 12.0. The van der Waals surface area contributed by atoms with Crippen LogP contribution < -0.4 is 10.9 Å². The van der Waals surface area contributed by atoms with Gasteiger partial charge in [0.05, 0.1) is 35.7 Å². The van der Waals surface area contributed by atoms with E-state index in [-0.39, 0.29) is 17.6 Å². The summed E-state index contributed by atoms with van der Waals surface area (Å²) < 4.78 is 6.99. The number of pyridine rings is 1. The Labute approximate surface area is 126 Å². The van der Waals surface area contributed by atoms with E-state index in [0.29, 0.717) is 18.2 Å². The fourth-order valence-corrected chi connectivity index (χ4v) is 2.55. The average Bonchev–Trinajstić information content (AvgIpc) is 2.92. The fourth-order valence-electron chi connectivity index (χ4n) is 2.37. The van der Waals surface area contributed by atoms with Crippen molar-refractivity contribution in [3.8, 4) is 0 Å². The van der Waals surface area contributed by atoms with Crippen molar-refractivity contribution in [2.45, 2.75) is 19.0 Å². The van der Waals surface area contributed by atoms with Gasteiger partial charge in [-0.05, 0) is 19.1 Å². The molecule has 0 amide bonds. The first kappa shape index (κ1) is 14.0. The molecule has 0 aromatic carbocycles. The van der Waals surface area contributed by atoms with Crippen LogP contribution in [0, 0.1) is 6.92 Å². The second kappa shape index (κ2) is 5.83. The molecule has 1 aliphatic heterocycles. The quantitative estimate of drug-likeness (QED) is 0.934. The topological polar surface area (TPSA) is 69.0 Å². The zero-order chi connectivity index (χ0) is 14.8. The number of ether oxygens (including phenoxy) is 1. The minimum atomic E-state index is -0.165. The number of nitrogens with one attached hydrogen (secondary N) is 1. The molecular weight excluding hydrogens is 292 g/mol. The molecule has 1 saturated heterocycles. The van der Waals surface area contributed by atoms with E-state index >= 15 is 0 Å². The third kappa shape index (κ3) is 2.91. The van der Waals surface area contributed by atoms with Crippen molar-refractivity contribution in [2.24, 2.45) is 0 Å². The standard InChI is InChI=1S/C14H15ClN4O2/c1-9-2-3-14(20)19(18-9)13-8-21-7-12(13)17-11-4-5-16-6-10(11)15/h2-6,12-13H,7-8H2,1H3,(H,16,17). The molecule has 0 radical (unpaired) electrons. The number of aromatic nitrogens is 3. The van der Waals surface area contributed by atoms with Crippen LogP contribution in [0.25, 0.3) is 0 Å². The number of hydrogen-bond acceptors (Lipinski definition) is 5. The zero-order valence-corrected chi connectivity index (χ0v) is 12.2. The lowest BCUT2D eigenvalue weighted by Crippen LogP contribution is -2.37. The molecule has 7 heteroatoms. The molecule has 2 atom stereocenters. The molecule has 21 heavy (non-hydrogen) atoms. The molecule has 6 nitrogen and oxygen atoms in total. The molecule has 1 aliphatic rings. The first-order valence-electron chi connectivity index (χ1n) is 6.65. The van der Waals surface area contributed by atoms with Gasteiger partial charge in [0, 0.05) is 18.5 Å². The molecule has 1 fully saturated rings. The third-order valence-electron chi connectivity index (χ3n) is 3.44. The molecule has 3 heterocycles. The van der Waals surface area contributed by atoms with Gasteiger partial charge < -0.3 is 10.1 Å². The lowest BCUT2D eigenvalue weighted by molar-refractivity contribution is 0.182. The van der Waals surface area contributed by atoms with Crippen LogP contribution in [0.4, 0.5) is 5.69 Å². The predicted octanol–water partition coefficient (Wildman–Crippen LogP) is 1.65. The normalized spacial score (nSPS) is 21.4. The molecule has 0 saturated carbocycles. The molecule has 2 aromatic heterocycles. The summed E-state index contributed by atoms with van der Waals surface area (Å²) >= 11 is 6.10. The van der Waals surface area contributed by atoms with Gasteiger partial charge in [0.2, 0.25) is 0 Å². The van der Waals surface area contributed by atoms with Crippen LogP contribution in [-0.2, 0) is 4.74 Å². The van der Waals surface area contributed by atoms with Crippen LogP contribution in [0.3, 0.4) is 0 Å². The van der Waals surface area contributed by atoms with Gasteiger partial charge in [0.1, 0.15) is 6.04 Å². The Balaban J connectivity index is 1.88. The minimum Gasteiger partial charge on any atom is -0.377 e. The van der Waals surface area contributed by atoms with E-state index in [0.717, 1.165) is 11.4 Å². The summed E-state index contributed by atoms with van der Waals surface area (Å²) in [5, 5.41) is 8.15. The van der Waals surface area contributed by atoms with Crippen molar-refractivity contribution in [3.05, 3.63) is 51.7 Å². The first-order valence-corrected chi connectivity index (χ1v) is 7.03. The average molecular weight is 307 g/mol. The maximum atomic E-state index is 12.0. The number of rotatable bonds is 3. The summed E-state index contributed by atoms with van der Waals surface area (Å²) in [6.07, 6.45) is 3.24. The van der Waals surface area contributed by atoms with Crippen molar-refractivity contribution in [1.82, 2.24) is 14.8 Å². The van der Waals surface area contributed by atoms with Crippen LogP contribution in [-0.4, -0.2) is 34.0 Å². The van der Waals surface area contributed by atoms with Crippen molar-refractivity contribution < 1.29 is 4.74 Å². The Bertz CT molecular complexity index is 703. The number of anilines is 1. The summed E-state index contributed by atoms with van der Waals surface area (Å²) in [5.41, 5.74) is 1.43. The van der Waals surface area contributed by atoms with Gasteiger partial charge in [-0.3, -0.25) is 9.78 Å². The van der Waals surface area contributed by atoms with E-state index in [2.05, 4.69) is 15.4 Å². The highest BCUT2D eigenvalue weighted by atomic mass is 35.5. The van der Waals surface area contributed by atoms with Gasteiger partial charge in [0.25, 0.3) is 5.56 Å². The highest BCUT2D eigenvalue weighted by molar-refractivity contribution is 6.33. The minimum absolute atomic E-state index is 0.0723. The summed E-state index contributed by atoms with van der Waals surface area (Å²) in [4.78, 5) is 16.0. The first-order chi connectivity index (χ1) is 10.1. The molecule has 3 rings (SSSR count). The summed E-state index contributed by atoms with van der Waals surface area (Å²) in [6.45, 7) is 2.79. The van der Waals surface area contributed by atoms with Gasteiger partial charge in [-0.15, -0.1) is 0 Å². The smallest absolute Gasteiger partial charge is 0.267 e. The SMILES string of the molecule is Cc1ccc(=O)n(C2COCC2Nc2ccncc2Cl)n1. The van der Waals surface area contributed by atoms with E-state index in [1.54, 1.807) is 24.5 Å². The number of nitrogens with zero attached hydrogens (tertiary/aromatic N) is 3. The van der Waals surface area contributed by atoms with Crippen molar-refractivity contribution in [3.63, 3.8) is 0 Å². The van der Waals surface area contributed by atoms with Gasteiger partial charge in [0.15, 0.2) is 0 Å². The Morgan fingerprint density at radius 3 is 3.05 bits per heavy atom. The molecule has 1 N–H and O–H groups in total. The number of hydrogen-bond donors (Lipinski definition) is 1. The maximum Gasteiger partial charge on any atom is 0.267 e. The summed E-state index contributed by atoms with van der Waals surface area (Å²) in [7, 11) is 0.